The van der Waals surface area contributed by atoms with E-state index in [-0.39, 0.29) is 18.4 Å². The quantitative estimate of drug-likeness (QED) is 0.777. The van der Waals surface area contributed by atoms with Gasteiger partial charge in [0, 0.05) is 19.3 Å². The van der Waals surface area contributed by atoms with Gasteiger partial charge in [-0.2, -0.15) is 18.3 Å². The van der Waals surface area contributed by atoms with Crippen LogP contribution in [0.15, 0.2) is 30.5 Å². The van der Waals surface area contributed by atoms with Gasteiger partial charge in [-0.15, -0.1) is 0 Å². The van der Waals surface area contributed by atoms with E-state index < -0.39 is 11.9 Å². The molecule has 0 saturated carbocycles. The van der Waals surface area contributed by atoms with Crippen LogP contribution in [0.1, 0.15) is 30.1 Å². The fraction of sp³-hybridized carbons (Fsp3) is 0.474. The second kappa shape index (κ2) is 8.12. The van der Waals surface area contributed by atoms with Gasteiger partial charge in [0.05, 0.1) is 26.7 Å². The van der Waals surface area contributed by atoms with Crippen molar-refractivity contribution in [3.8, 4) is 11.5 Å². The van der Waals surface area contributed by atoms with Gasteiger partial charge in [-0.25, -0.2) is 0 Å². The van der Waals surface area contributed by atoms with E-state index in [1.807, 2.05) is 0 Å². The second-order valence-electron chi connectivity index (χ2n) is 6.68. The number of benzene rings is 1. The van der Waals surface area contributed by atoms with Crippen LogP contribution in [-0.4, -0.2) is 47.9 Å². The average molecular weight is 397 g/mol. The van der Waals surface area contributed by atoms with Gasteiger partial charge in [0.1, 0.15) is 0 Å². The van der Waals surface area contributed by atoms with E-state index in [1.54, 1.807) is 23.1 Å². The molecule has 0 spiro atoms. The number of carbonyl (C=O) groups is 1. The van der Waals surface area contributed by atoms with Gasteiger partial charge < -0.3 is 14.4 Å². The summed E-state index contributed by atoms with van der Waals surface area (Å²) >= 11 is 0. The first kappa shape index (κ1) is 20.0. The van der Waals surface area contributed by atoms with Crippen molar-refractivity contribution in [1.82, 2.24) is 14.7 Å². The highest BCUT2D eigenvalue weighted by atomic mass is 19.4. The Morgan fingerprint density at radius 1 is 1.21 bits per heavy atom. The fourth-order valence-electron chi connectivity index (χ4n) is 3.37. The monoisotopic (exact) mass is 397 g/mol. The number of carbonyl (C=O) groups excluding carboxylic acids is 1. The number of alkyl halides is 3. The number of halogens is 3. The molecule has 1 atom stereocenters. The van der Waals surface area contributed by atoms with Gasteiger partial charge in [-0.1, -0.05) is 6.07 Å². The number of piperidine rings is 1. The first-order valence-electron chi connectivity index (χ1n) is 8.93. The lowest BCUT2D eigenvalue weighted by molar-refractivity contribution is -0.142. The largest absolute Gasteiger partial charge is 0.493 e. The average Bonchev–Trinajstić information content (AvgIpc) is 3.19. The number of rotatable bonds is 5. The summed E-state index contributed by atoms with van der Waals surface area (Å²) in [5.41, 5.74) is -0.135. The van der Waals surface area contributed by atoms with Gasteiger partial charge in [0.15, 0.2) is 17.2 Å². The lowest BCUT2D eigenvalue weighted by Crippen LogP contribution is -2.41. The predicted octanol–water partition coefficient (Wildman–Crippen LogP) is 3.33. The van der Waals surface area contributed by atoms with Crippen molar-refractivity contribution in [3.63, 3.8) is 0 Å². The predicted molar refractivity (Wildman–Crippen MR) is 95.3 cm³/mol. The molecular formula is C19H22F3N3O3. The van der Waals surface area contributed by atoms with Gasteiger partial charge in [0.25, 0.3) is 0 Å². The van der Waals surface area contributed by atoms with Crippen molar-refractivity contribution in [3.05, 3.63) is 41.7 Å². The van der Waals surface area contributed by atoms with E-state index in [0.29, 0.717) is 37.4 Å². The van der Waals surface area contributed by atoms with Gasteiger partial charge in [-0.3, -0.25) is 9.48 Å². The van der Waals surface area contributed by atoms with E-state index in [2.05, 4.69) is 5.10 Å². The van der Waals surface area contributed by atoms with E-state index in [0.717, 1.165) is 11.6 Å². The highest BCUT2D eigenvalue weighted by Gasteiger charge is 2.34. The van der Waals surface area contributed by atoms with Crippen LogP contribution in [0, 0.1) is 0 Å². The number of likely N-dealkylation sites (tertiary alicyclic amines) is 1. The zero-order chi connectivity index (χ0) is 20.3. The summed E-state index contributed by atoms with van der Waals surface area (Å²) < 4.78 is 50.1. The minimum atomic E-state index is -4.47. The molecule has 3 rings (SSSR count). The molecular weight excluding hydrogens is 375 g/mol. The highest BCUT2D eigenvalue weighted by Crippen LogP contribution is 2.30. The number of hydrogen-bond donors (Lipinski definition) is 0. The van der Waals surface area contributed by atoms with Crippen LogP contribution in [0.5, 0.6) is 11.5 Å². The summed E-state index contributed by atoms with van der Waals surface area (Å²) in [5, 5.41) is 3.65. The molecule has 2 heterocycles. The number of amides is 1. The Hall–Kier alpha value is -2.71. The molecule has 1 fully saturated rings. The summed E-state index contributed by atoms with van der Waals surface area (Å²) in [6, 6.07) is 5.98. The van der Waals surface area contributed by atoms with Crippen LogP contribution < -0.4 is 9.47 Å². The Balaban J connectivity index is 1.67. The van der Waals surface area contributed by atoms with E-state index >= 15 is 0 Å². The Bertz CT molecular complexity index is 835. The molecule has 1 aromatic carbocycles. The minimum Gasteiger partial charge on any atom is -0.493 e. The molecule has 28 heavy (non-hydrogen) atoms. The molecule has 1 amide bonds. The fourth-order valence-corrected chi connectivity index (χ4v) is 3.37. The van der Waals surface area contributed by atoms with Crippen LogP contribution in [0.25, 0.3) is 0 Å². The first-order chi connectivity index (χ1) is 13.3. The number of hydrogen-bond acceptors (Lipinski definition) is 4. The van der Waals surface area contributed by atoms with Gasteiger partial charge in [0.2, 0.25) is 5.91 Å². The molecule has 1 aromatic heterocycles. The molecule has 0 aliphatic carbocycles. The second-order valence-corrected chi connectivity index (χ2v) is 6.68. The number of ether oxygens (including phenoxy) is 2. The smallest absolute Gasteiger partial charge is 0.435 e. The van der Waals surface area contributed by atoms with Crippen LogP contribution in [0.3, 0.4) is 0 Å². The van der Waals surface area contributed by atoms with Crippen molar-refractivity contribution >= 4 is 5.91 Å². The van der Waals surface area contributed by atoms with Crippen LogP contribution in [-0.2, 0) is 17.4 Å². The van der Waals surface area contributed by atoms with E-state index in [4.69, 9.17) is 9.47 Å². The third kappa shape index (κ3) is 4.40. The summed E-state index contributed by atoms with van der Waals surface area (Å²) in [6.07, 6.45) is -1.57. The molecule has 6 nitrogen and oxygen atoms in total. The van der Waals surface area contributed by atoms with Crippen molar-refractivity contribution < 1.29 is 27.4 Å². The zero-order valence-corrected chi connectivity index (χ0v) is 15.7. The van der Waals surface area contributed by atoms with Gasteiger partial charge in [-0.05, 0) is 36.6 Å². The lowest BCUT2D eigenvalue weighted by Gasteiger charge is -2.33. The maximum Gasteiger partial charge on any atom is 0.435 e. The van der Waals surface area contributed by atoms with Crippen molar-refractivity contribution in [2.45, 2.75) is 31.5 Å². The Morgan fingerprint density at radius 3 is 2.61 bits per heavy atom. The molecule has 2 aromatic rings. The highest BCUT2D eigenvalue weighted by molar-refractivity contribution is 5.79. The molecule has 0 bridgehead atoms. The Kier molecular flexibility index (Phi) is 5.81. The van der Waals surface area contributed by atoms with E-state index in [1.165, 1.54) is 25.1 Å². The Labute approximate surface area is 160 Å². The molecule has 1 saturated heterocycles. The maximum absolute atomic E-state index is 12.8. The molecule has 152 valence electrons. The third-order valence-corrected chi connectivity index (χ3v) is 4.83. The van der Waals surface area contributed by atoms with Gasteiger partial charge >= 0.3 is 6.18 Å². The number of methoxy groups -OCH3 is 2. The topological polar surface area (TPSA) is 56.6 Å². The SMILES string of the molecule is COc1ccc(CC(=O)N2CCC[C@H](n3ccc(C(F)(F)F)n3)C2)cc1OC. The summed E-state index contributed by atoms with van der Waals surface area (Å²) in [6.45, 7) is 0.918. The first-order valence-corrected chi connectivity index (χ1v) is 8.93. The molecule has 0 unspecified atom stereocenters. The summed E-state index contributed by atoms with van der Waals surface area (Å²) in [7, 11) is 3.06. The maximum atomic E-state index is 12.8. The summed E-state index contributed by atoms with van der Waals surface area (Å²) in [4.78, 5) is 14.4. The standard InChI is InChI=1S/C19H22F3N3O3/c1-27-15-6-5-13(10-16(15)28-2)11-18(26)24-8-3-4-14(12-24)25-9-7-17(23-25)19(20,21)22/h5-7,9-10,14H,3-4,8,11-12H2,1-2H3/t14-/m0/s1. The van der Waals surface area contributed by atoms with E-state index in [9.17, 15) is 18.0 Å². The van der Waals surface area contributed by atoms with Crippen molar-refractivity contribution in [2.75, 3.05) is 27.3 Å². The lowest BCUT2D eigenvalue weighted by atomic mass is 10.0. The molecule has 0 radical (unpaired) electrons. The molecule has 0 N–H and O–H groups in total. The van der Waals surface area contributed by atoms with Crippen molar-refractivity contribution in [2.24, 2.45) is 0 Å². The summed E-state index contributed by atoms with van der Waals surface area (Å²) in [5.74, 6) is 1.04. The van der Waals surface area contributed by atoms with Crippen LogP contribution in [0.4, 0.5) is 13.2 Å². The zero-order valence-electron chi connectivity index (χ0n) is 15.7. The number of aromatic nitrogens is 2. The third-order valence-electron chi connectivity index (χ3n) is 4.83. The normalized spacial score (nSPS) is 17.5. The molecule has 1 aliphatic rings. The van der Waals surface area contributed by atoms with Crippen molar-refractivity contribution in [1.29, 1.82) is 0 Å². The van der Waals surface area contributed by atoms with Crippen LogP contribution in [0.2, 0.25) is 0 Å². The molecule has 1 aliphatic heterocycles. The number of nitrogens with zero attached hydrogens (tertiary/aromatic N) is 3. The van der Waals surface area contributed by atoms with Crippen LogP contribution >= 0.6 is 0 Å². The Morgan fingerprint density at radius 2 is 1.96 bits per heavy atom. The molecule has 9 heteroatoms. The minimum absolute atomic E-state index is 0.0832.